The number of hydrogen-bond donors (Lipinski definition) is 3. The van der Waals surface area contributed by atoms with Crippen molar-refractivity contribution in [1.29, 1.82) is 0 Å². The van der Waals surface area contributed by atoms with Crippen LogP contribution in [0.3, 0.4) is 0 Å². The molecule has 1 unspecified atom stereocenters. The van der Waals surface area contributed by atoms with E-state index in [2.05, 4.69) is 10.6 Å². The number of carbonyl (C=O) groups is 2. The molecule has 2 aromatic rings. The summed E-state index contributed by atoms with van der Waals surface area (Å²) >= 11 is 5.69. The van der Waals surface area contributed by atoms with Crippen LogP contribution in [0, 0.1) is 11.6 Å². The maximum absolute atomic E-state index is 14.1. The van der Waals surface area contributed by atoms with Crippen molar-refractivity contribution in [3.05, 3.63) is 63.7 Å². The van der Waals surface area contributed by atoms with Crippen LogP contribution in [0.2, 0.25) is 5.02 Å². The molecule has 0 saturated carbocycles. The van der Waals surface area contributed by atoms with E-state index in [1.54, 1.807) is 0 Å². The van der Waals surface area contributed by atoms with Crippen molar-refractivity contribution in [2.24, 2.45) is 0 Å². The second kappa shape index (κ2) is 6.68. The lowest BCUT2D eigenvalue weighted by atomic mass is 10.0. The van der Waals surface area contributed by atoms with Gasteiger partial charge >= 0.3 is 6.09 Å². The van der Waals surface area contributed by atoms with Gasteiger partial charge in [0.15, 0.2) is 0 Å². The van der Waals surface area contributed by atoms with E-state index in [4.69, 9.17) is 16.7 Å². The maximum atomic E-state index is 14.1. The van der Waals surface area contributed by atoms with Crippen molar-refractivity contribution in [2.45, 2.75) is 18.9 Å². The van der Waals surface area contributed by atoms with Crippen LogP contribution >= 0.6 is 11.6 Å². The van der Waals surface area contributed by atoms with Crippen molar-refractivity contribution in [3.8, 4) is 0 Å². The van der Waals surface area contributed by atoms with Gasteiger partial charge in [0, 0.05) is 16.8 Å². The van der Waals surface area contributed by atoms with Crippen LogP contribution in [0.5, 0.6) is 0 Å². The molecule has 5 nitrogen and oxygen atoms in total. The molecule has 8 heteroatoms. The smallest absolute Gasteiger partial charge is 0.405 e. The van der Waals surface area contributed by atoms with Gasteiger partial charge in [-0.3, -0.25) is 4.79 Å². The molecule has 2 aromatic carbocycles. The Morgan fingerprint density at radius 3 is 2.56 bits per heavy atom. The summed E-state index contributed by atoms with van der Waals surface area (Å²) in [5.74, 6) is -1.67. The highest BCUT2D eigenvalue weighted by Gasteiger charge is 2.31. The van der Waals surface area contributed by atoms with Crippen molar-refractivity contribution in [3.63, 3.8) is 0 Å². The molecule has 0 aliphatic heterocycles. The first-order valence-electron chi connectivity index (χ1n) is 7.44. The summed E-state index contributed by atoms with van der Waals surface area (Å²) < 4.78 is 27.3. The van der Waals surface area contributed by atoms with Gasteiger partial charge in [-0.05, 0) is 48.7 Å². The lowest BCUT2D eigenvalue weighted by Gasteiger charge is -2.14. The van der Waals surface area contributed by atoms with Gasteiger partial charge in [-0.15, -0.1) is 0 Å². The quantitative estimate of drug-likeness (QED) is 0.764. The zero-order valence-electron chi connectivity index (χ0n) is 12.8. The summed E-state index contributed by atoms with van der Waals surface area (Å²) in [5, 5.41) is 13.6. The van der Waals surface area contributed by atoms with Crippen LogP contribution in [-0.2, 0) is 6.42 Å². The second-order valence-corrected chi connectivity index (χ2v) is 6.02. The summed E-state index contributed by atoms with van der Waals surface area (Å²) in [4.78, 5) is 23.3. The first kappa shape index (κ1) is 17.2. The Labute approximate surface area is 146 Å². The van der Waals surface area contributed by atoms with Gasteiger partial charge in [0.1, 0.15) is 11.6 Å². The number of amides is 2. The highest BCUT2D eigenvalue weighted by Crippen LogP contribution is 2.35. The molecule has 3 rings (SSSR count). The molecule has 25 heavy (non-hydrogen) atoms. The highest BCUT2D eigenvalue weighted by molar-refractivity contribution is 6.31. The molecular weight excluding hydrogens is 354 g/mol. The fraction of sp³-hybridized carbons (Fsp3) is 0.176. The minimum Gasteiger partial charge on any atom is -0.465 e. The van der Waals surface area contributed by atoms with Gasteiger partial charge in [-0.2, -0.15) is 0 Å². The Morgan fingerprint density at radius 1 is 1.16 bits per heavy atom. The van der Waals surface area contributed by atoms with Gasteiger partial charge in [0.05, 0.1) is 11.1 Å². The molecule has 1 aliphatic rings. The van der Waals surface area contributed by atoms with Crippen molar-refractivity contribution in [1.82, 2.24) is 5.32 Å². The number of rotatable bonds is 3. The third kappa shape index (κ3) is 3.41. The summed E-state index contributed by atoms with van der Waals surface area (Å²) in [5.41, 5.74) is 1.19. The van der Waals surface area contributed by atoms with E-state index in [1.165, 1.54) is 18.2 Å². The van der Waals surface area contributed by atoms with Gasteiger partial charge < -0.3 is 15.7 Å². The number of nitrogens with one attached hydrogen (secondary N) is 2. The number of hydrogen-bond acceptors (Lipinski definition) is 2. The summed E-state index contributed by atoms with van der Waals surface area (Å²) in [6.45, 7) is 0. The van der Waals surface area contributed by atoms with E-state index in [-0.39, 0.29) is 16.1 Å². The summed E-state index contributed by atoms with van der Waals surface area (Å²) in [6.07, 6.45) is -0.524. The monoisotopic (exact) mass is 366 g/mol. The Hall–Kier alpha value is -2.67. The molecule has 1 atom stereocenters. The average molecular weight is 367 g/mol. The lowest BCUT2D eigenvalue weighted by Crippen LogP contribution is -2.25. The largest absolute Gasteiger partial charge is 0.465 e. The van der Waals surface area contributed by atoms with Crippen LogP contribution in [0.4, 0.5) is 19.3 Å². The molecule has 0 heterocycles. The van der Waals surface area contributed by atoms with Gasteiger partial charge in [0.2, 0.25) is 0 Å². The Kier molecular flexibility index (Phi) is 4.59. The molecule has 0 spiro atoms. The lowest BCUT2D eigenvalue weighted by molar-refractivity contribution is 0.102. The molecule has 0 saturated heterocycles. The fourth-order valence-corrected chi connectivity index (χ4v) is 3.17. The van der Waals surface area contributed by atoms with E-state index in [1.807, 2.05) is 0 Å². The molecule has 0 fully saturated rings. The first-order chi connectivity index (χ1) is 11.9. The maximum Gasteiger partial charge on any atom is 0.405 e. The molecule has 0 radical (unpaired) electrons. The van der Waals surface area contributed by atoms with Crippen molar-refractivity contribution >= 4 is 29.3 Å². The van der Waals surface area contributed by atoms with Gasteiger partial charge in [-0.1, -0.05) is 11.6 Å². The summed E-state index contributed by atoms with van der Waals surface area (Å²) in [6, 6.07) is 5.54. The topological polar surface area (TPSA) is 78.4 Å². The molecule has 1 aliphatic carbocycles. The Bertz CT molecular complexity index is 873. The van der Waals surface area contributed by atoms with Crippen LogP contribution < -0.4 is 10.6 Å². The van der Waals surface area contributed by atoms with Crippen LogP contribution in [-0.4, -0.2) is 17.1 Å². The minimum absolute atomic E-state index is 0.132. The predicted octanol–water partition coefficient (Wildman–Crippen LogP) is 4.13. The van der Waals surface area contributed by atoms with Crippen molar-refractivity contribution < 1.29 is 23.5 Å². The van der Waals surface area contributed by atoms with E-state index < -0.39 is 29.7 Å². The predicted molar refractivity (Wildman–Crippen MR) is 88.0 cm³/mol. The number of carbonyl (C=O) groups excluding carboxylic acids is 1. The zero-order valence-corrected chi connectivity index (χ0v) is 13.5. The van der Waals surface area contributed by atoms with E-state index in [0.717, 1.165) is 12.1 Å². The number of benzene rings is 2. The number of carboxylic acid groups (broad SMARTS) is 1. The average Bonchev–Trinajstić information content (AvgIpc) is 2.95. The first-order valence-corrected chi connectivity index (χ1v) is 7.81. The van der Waals surface area contributed by atoms with Crippen molar-refractivity contribution in [2.75, 3.05) is 5.32 Å². The van der Waals surface area contributed by atoms with E-state index in [9.17, 15) is 18.4 Å². The molecule has 130 valence electrons. The minimum atomic E-state index is -1.26. The molecule has 0 bridgehead atoms. The molecule has 3 N–H and O–H groups in total. The SMILES string of the molecule is O=C(O)NC1CCc2c(C(=O)Nc3ccc(F)c(Cl)c3)ccc(F)c21. The third-order valence-electron chi connectivity index (χ3n) is 4.06. The highest BCUT2D eigenvalue weighted by atomic mass is 35.5. The van der Waals surface area contributed by atoms with Crippen LogP contribution in [0.15, 0.2) is 30.3 Å². The van der Waals surface area contributed by atoms with Crippen LogP contribution in [0.1, 0.15) is 33.9 Å². The third-order valence-corrected chi connectivity index (χ3v) is 4.34. The van der Waals surface area contributed by atoms with Crippen LogP contribution in [0.25, 0.3) is 0 Å². The fourth-order valence-electron chi connectivity index (χ4n) is 2.99. The number of halogens is 3. The van der Waals surface area contributed by atoms with Gasteiger partial charge in [0.25, 0.3) is 5.91 Å². The number of fused-ring (bicyclic) bond motifs is 1. The molecule has 0 aromatic heterocycles. The number of anilines is 1. The molecular formula is C17H13ClF2N2O3. The Morgan fingerprint density at radius 2 is 1.88 bits per heavy atom. The standard InChI is InChI=1S/C17H13ClF2N2O3/c18-11-7-8(1-4-12(11)19)21-16(23)10-2-5-13(20)15-9(10)3-6-14(15)22-17(24)25/h1-2,4-5,7,14,22H,3,6H2,(H,21,23)(H,24,25). The normalized spacial score (nSPS) is 15.6. The van der Waals surface area contributed by atoms with Gasteiger partial charge in [-0.25, -0.2) is 13.6 Å². The summed E-state index contributed by atoms with van der Waals surface area (Å²) in [7, 11) is 0. The second-order valence-electron chi connectivity index (χ2n) is 5.61. The van der Waals surface area contributed by atoms with E-state index in [0.29, 0.717) is 24.1 Å². The molecule has 2 amide bonds. The Balaban J connectivity index is 1.90. The van der Waals surface area contributed by atoms with E-state index >= 15 is 0 Å². The zero-order chi connectivity index (χ0) is 18.1.